The quantitative estimate of drug-likeness (QED) is 0.281. The third-order valence-corrected chi connectivity index (χ3v) is 8.14. The molecule has 200 valence electrons. The number of amides is 1. The maximum Gasteiger partial charge on any atom is 0.268 e. The summed E-state index contributed by atoms with van der Waals surface area (Å²) < 4.78 is 57.2. The first kappa shape index (κ1) is 26.2. The minimum Gasteiger partial charge on any atom is -0.332 e. The Balaban J connectivity index is 1.42. The number of benzene rings is 3. The zero-order valence-electron chi connectivity index (χ0n) is 21.3. The Morgan fingerprint density at radius 1 is 0.923 bits per heavy atom. The van der Waals surface area contributed by atoms with Crippen LogP contribution >= 0.6 is 0 Å². The smallest absolute Gasteiger partial charge is 0.268 e. The van der Waals surface area contributed by atoms with Crippen LogP contribution in [-0.4, -0.2) is 38.2 Å². The van der Waals surface area contributed by atoms with Crippen molar-refractivity contribution in [1.29, 1.82) is 0 Å². The summed E-state index contributed by atoms with van der Waals surface area (Å²) in [4.78, 5) is 14.3. The first-order valence-corrected chi connectivity index (χ1v) is 13.6. The number of aromatic nitrogens is 4. The molecule has 0 saturated heterocycles. The van der Waals surface area contributed by atoms with Crippen LogP contribution in [0.25, 0.3) is 10.9 Å². The number of fused-ring (bicyclic) bond motifs is 1. The molecule has 0 N–H and O–H groups in total. The number of para-hydroxylation sites is 1. The molecule has 0 spiro atoms. The van der Waals surface area contributed by atoms with Gasteiger partial charge in [0.05, 0.1) is 29.7 Å². The van der Waals surface area contributed by atoms with E-state index >= 15 is 0 Å². The van der Waals surface area contributed by atoms with Gasteiger partial charge >= 0.3 is 0 Å². The van der Waals surface area contributed by atoms with Gasteiger partial charge in [0.15, 0.2) is 11.6 Å². The molecule has 0 aliphatic heterocycles. The zero-order valence-corrected chi connectivity index (χ0v) is 22.1. The van der Waals surface area contributed by atoms with Crippen LogP contribution in [0.5, 0.6) is 0 Å². The van der Waals surface area contributed by atoms with Gasteiger partial charge in [0.25, 0.3) is 10.0 Å². The van der Waals surface area contributed by atoms with Crippen molar-refractivity contribution in [3.05, 3.63) is 113 Å². The monoisotopic (exact) mass is 549 g/mol. The minimum atomic E-state index is -3.88. The normalized spacial score (nSPS) is 11.7. The third kappa shape index (κ3) is 5.30. The van der Waals surface area contributed by atoms with Gasteiger partial charge in [0, 0.05) is 30.6 Å². The lowest BCUT2D eigenvalue weighted by Crippen LogP contribution is -2.27. The number of halogens is 2. The molecule has 0 bridgehead atoms. The molecule has 2 heterocycles. The highest BCUT2D eigenvalue weighted by Crippen LogP contribution is 2.27. The summed E-state index contributed by atoms with van der Waals surface area (Å²) in [7, 11) is -3.88. The lowest BCUT2D eigenvalue weighted by Gasteiger charge is -2.19. The first-order valence-electron chi connectivity index (χ1n) is 12.1. The van der Waals surface area contributed by atoms with Gasteiger partial charge in [-0.2, -0.15) is 0 Å². The summed E-state index contributed by atoms with van der Waals surface area (Å²) in [6, 6.07) is 17.6. The molecular weight excluding hydrogens is 524 g/mol. The summed E-state index contributed by atoms with van der Waals surface area (Å²) in [6.45, 7) is 3.48. The molecule has 39 heavy (non-hydrogen) atoms. The molecule has 1 amide bonds. The molecular formula is C28H25F2N5O3S. The van der Waals surface area contributed by atoms with E-state index in [1.807, 2.05) is 19.1 Å². The topological polar surface area (TPSA) is 90.1 Å². The second-order valence-corrected chi connectivity index (χ2v) is 11.1. The van der Waals surface area contributed by atoms with Crippen LogP contribution in [0.3, 0.4) is 0 Å². The van der Waals surface area contributed by atoms with E-state index in [1.54, 1.807) is 48.8 Å². The van der Waals surface area contributed by atoms with E-state index in [-0.39, 0.29) is 36.0 Å². The highest BCUT2D eigenvalue weighted by molar-refractivity contribution is 7.90. The highest BCUT2D eigenvalue weighted by atomic mass is 32.2. The Morgan fingerprint density at radius 2 is 1.67 bits per heavy atom. The van der Waals surface area contributed by atoms with E-state index in [1.165, 1.54) is 32.6 Å². The van der Waals surface area contributed by atoms with Crippen LogP contribution in [0.15, 0.2) is 84.0 Å². The Labute approximate surface area is 224 Å². The van der Waals surface area contributed by atoms with Crippen LogP contribution in [0.2, 0.25) is 0 Å². The number of carbonyl (C=O) groups is 1. The van der Waals surface area contributed by atoms with Crippen molar-refractivity contribution in [2.45, 2.75) is 38.4 Å². The summed E-state index contributed by atoms with van der Waals surface area (Å²) in [6.07, 6.45) is 3.10. The molecule has 8 nitrogen and oxygen atoms in total. The summed E-state index contributed by atoms with van der Waals surface area (Å²) in [5.74, 6) is -2.14. The first-order chi connectivity index (χ1) is 18.6. The maximum absolute atomic E-state index is 14.1. The van der Waals surface area contributed by atoms with Crippen LogP contribution in [-0.2, 0) is 34.5 Å². The predicted octanol–water partition coefficient (Wildman–Crippen LogP) is 4.65. The summed E-state index contributed by atoms with van der Waals surface area (Å²) >= 11 is 0. The van der Waals surface area contributed by atoms with Crippen LogP contribution in [0.4, 0.5) is 8.78 Å². The predicted molar refractivity (Wildman–Crippen MR) is 141 cm³/mol. The van der Waals surface area contributed by atoms with Gasteiger partial charge in [0.2, 0.25) is 5.91 Å². The molecule has 0 atom stereocenters. The SMILES string of the molecule is CC(=O)N(Cc1cn(Cc2cccc(F)c2F)nn1)Cc1cn(S(=O)(=O)c2ccc(C)cc2)c2ccccc12. The fraction of sp³-hybridized carbons (Fsp3) is 0.179. The summed E-state index contributed by atoms with van der Waals surface area (Å²) in [5.41, 5.74) is 2.66. The lowest BCUT2D eigenvalue weighted by atomic mass is 10.1. The van der Waals surface area contributed by atoms with Crippen molar-refractivity contribution in [2.24, 2.45) is 0 Å². The molecule has 5 aromatic rings. The summed E-state index contributed by atoms with van der Waals surface area (Å²) in [5, 5.41) is 8.77. The van der Waals surface area contributed by atoms with Crippen LogP contribution in [0, 0.1) is 18.6 Å². The van der Waals surface area contributed by atoms with Crippen molar-refractivity contribution in [3.8, 4) is 0 Å². The maximum atomic E-state index is 14.1. The number of carbonyl (C=O) groups excluding carboxylic acids is 1. The molecule has 3 aromatic carbocycles. The number of nitrogens with zero attached hydrogens (tertiary/aromatic N) is 5. The molecule has 2 aromatic heterocycles. The van der Waals surface area contributed by atoms with Gasteiger partial charge in [-0.15, -0.1) is 5.10 Å². The second kappa shape index (κ2) is 10.4. The van der Waals surface area contributed by atoms with Gasteiger partial charge in [-0.05, 0) is 36.8 Å². The molecule has 11 heteroatoms. The van der Waals surface area contributed by atoms with Gasteiger partial charge in [-0.3, -0.25) is 4.79 Å². The van der Waals surface area contributed by atoms with E-state index in [9.17, 15) is 22.0 Å². The Kier molecular flexibility index (Phi) is 7.00. The number of rotatable bonds is 8. The van der Waals surface area contributed by atoms with Crippen LogP contribution < -0.4 is 0 Å². The second-order valence-electron chi connectivity index (χ2n) is 9.28. The fourth-order valence-corrected chi connectivity index (χ4v) is 5.77. The van der Waals surface area contributed by atoms with Crippen LogP contribution in [0.1, 0.15) is 29.3 Å². The molecule has 0 saturated carbocycles. The fourth-order valence-electron chi connectivity index (χ4n) is 4.38. The zero-order chi connectivity index (χ0) is 27.7. The largest absolute Gasteiger partial charge is 0.332 e. The molecule has 0 fully saturated rings. The molecule has 0 radical (unpaired) electrons. The Bertz CT molecular complexity index is 1780. The van der Waals surface area contributed by atoms with Crippen molar-refractivity contribution >= 4 is 26.8 Å². The third-order valence-electron chi connectivity index (χ3n) is 6.45. The van der Waals surface area contributed by atoms with Crippen molar-refractivity contribution < 1.29 is 22.0 Å². The molecule has 0 aliphatic rings. The van der Waals surface area contributed by atoms with Gasteiger partial charge in [-0.1, -0.05) is 53.2 Å². The van der Waals surface area contributed by atoms with E-state index in [0.717, 1.165) is 11.6 Å². The standard InChI is InChI=1S/C28H25F2N5O3S/c1-19-10-12-24(13-11-19)39(37,38)35-16-22(25-7-3-4-9-27(25)35)14-33(20(2)36)17-23-18-34(32-31-23)15-21-6-5-8-26(29)28(21)30/h3-13,16,18H,14-15,17H2,1-2H3. The average molecular weight is 550 g/mol. The van der Waals surface area contributed by atoms with E-state index in [0.29, 0.717) is 22.2 Å². The van der Waals surface area contributed by atoms with Crippen molar-refractivity contribution in [2.75, 3.05) is 0 Å². The molecule has 0 aliphatic carbocycles. The molecule has 0 unspecified atom stereocenters. The molecule has 5 rings (SSSR count). The van der Waals surface area contributed by atoms with E-state index < -0.39 is 21.7 Å². The number of aryl methyl sites for hydroxylation is 1. The van der Waals surface area contributed by atoms with Gasteiger partial charge in [-0.25, -0.2) is 25.9 Å². The Morgan fingerprint density at radius 3 is 2.41 bits per heavy atom. The lowest BCUT2D eigenvalue weighted by molar-refractivity contribution is -0.130. The average Bonchev–Trinajstić information content (AvgIpc) is 3.51. The van der Waals surface area contributed by atoms with Gasteiger partial charge < -0.3 is 4.90 Å². The van der Waals surface area contributed by atoms with Gasteiger partial charge in [0.1, 0.15) is 5.69 Å². The highest BCUT2D eigenvalue weighted by Gasteiger charge is 2.23. The number of hydrogen-bond donors (Lipinski definition) is 0. The van der Waals surface area contributed by atoms with E-state index in [2.05, 4.69) is 10.3 Å². The van der Waals surface area contributed by atoms with E-state index in [4.69, 9.17) is 0 Å². The van der Waals surface area contributed by atoms with Crippen molar-refractivity contribution in [1.82, 2.24) is 23.9 Å². The Hall–Kier alpha value is -4.38. The van der Waals surface area contributed by atoms with Crippen molar-refractivity contribution in [3.63, 3.8) is 0 Å². The number of hydrogen-bond acceptors (Lipinski definition) is 5. The minimum absolute atomic E-state index is 0.0268.